The van der Waals surface area contributed by atoms with Crippen LogP contribution in [0.1, 0.15) is 18.4 Å². The first-order valence-corrected chi connectivity index (χ1v) is 9.22. The number of nitrogens with one attached hydrogen (secondary N) is 1. The van der Waals surface area contributed by atoms with Gasteiger partial charge in [0.15, 0.2) is 11.2 Å². The van der Waals surface area contributed by atoms with E-state index in [0.29, 0.717) is 29.2 Å². The first-order chi connectivity index (χ1) is 13.5. The molecule has 4 rings (SSSR count). The van der Waals surface area contributed by atoms with Gasteiger partial charge in [0.25, 0.3) is 5.56 Å². The Morgan fingerprint density at radius 2 is 2.11 bits per heavy atom. The van der Waals surface area contributed by atoms with Gasteiger partial charge in [0.1, 0.15) is 5.82 Å². The van der Waals surface area contributed by atoms with Gasteiger partial charge < -0.3 is 10.1 Å². The van der Waals surface area contributed by atoms with Crippen molar-refractivity contribution in [3.63, 3.8) is 0 Å². The Morgan fingerprint density at radius 1 is 1.29 bits per heavy atom. The van der Waals surface area contributed by atoms with E-state index in [0.717, 1.165) is 24.0 Å². The molecule has 1 unspecified atom stereocenters. The SMILES string of the molecule is Cn1c(=O)c2c(nc(NCC3CCCO3)n2Cc2cccc(F)c2)n(C)c1=O. The molecule has 3 heterocycles. The highest BCUT2D eigenvalue weighted by Gasteiger charge is 2.21. The van der Waals surface area contributed by atoms with Gasteiger partial charge in [0, 0.05) is 27.2 Å². The number of nitrogens with zero attached hydrogens (tertiary/aromatic N) is 4. The normalized spacial score (nSPS) is 16.8. The van der Waals surface area contributed by atoms with Crippen LogP contribution >= 0.6 is 0 Å². The zero-order valence-corrected chi connectivity index (χ0v) is 15.8. The van der Waals surface area contributed by atoms with Gasteiger partial charge >= 0.3 is 5.69 Å². The number of hydrogen-bond donors (Lipinski definition) is 1. The molecule has 0 saturated carbocycles. The van der Waals surface area contributed by atoms with Crippen molar-refractivity contribution < 1.29 is 9.13 Å². The van der Waals surface area contributed by atoms with E-state index in [-0.39, 0.29) is 18.5 Å². The van der Waals surface area contributed by atoms with E-state index in [9.17, 15) is 14.0 Å². The van der Waals surface area contributed by atoms with E-state index in [4.69, 9.17) is 4.74 Å². The minimum Gasteiger partial charge on any atom is -0.376 e. The van der Waals surface area contributed by atoms with Crippen LogP contribution in [0, 0.1) is 5.82 Å². The minimum atomic E-state index is -0.446. The van der Waals surface area contributed by atoms with E-state index in [1.54, 1.807) is 23.7 Å². The topological polar surface area (TPSA) is 83.1 Å². The van der Waals surface area contributed by atoms with Crippen molar-refractivity contribution >= 4 is 17.1 Å². The number of imidazole rings is 1. The van der Waals surface area contributed by atoms with Gasteiger partial charge in [-0.3, -0.25) is 18.5 Å². The summed E-state index contributed by atoms with van der Waals surface area (Å²) in [7, 11) is 3.01. The Labute approximate surface area is 160 Å². The molecule has 0 bridgehead atoms. The van der Waals surface area contributed by atoms with Gasteiger partial charge in [-0.05, 0) is 30.5 Å². The summed E-state index contributed by atoms with van der Waals surface area (Å²) in [5.74, 6) is 0.101. The number of rotatable bonds is 5. The largest absolute Gasteiger partial charge is 0.376 e. The van der Waals surface area contributed by atoms with Crippen molar-refractivity contribution in [3.05, 3.63) is 56.5 Å². The Hall–Kier alpha value is -2.94. The van der Waals surface area contributed by atoms with Crippen LogP contribution in [0.2, 0.25) is 0 Å². The molecule has 0 radical (unpaired) electrons. The Bertz CT molecular complexity index is 1140. The number of fused-ring (bicyclic) bond motifs is 1. The van der Waals surface area contributed by atoms with Crippen LogP contribution in [0.4, 0.5) is 10.3 Å². The second-order valence-electron chi connectivity index (χ2n) is 7.05. The fourth-order valence-electron chi connectivity index (χ4n) is 3.56. The van der Waals surface area contributed by atoms with E-state index < -0.39 is 11.2 Å². The predicted molar refractivity (Wildman–Crippen MR) is 103 cm³/mol. The molecule has 9 heteroatoms. The molecule has 1 atom stereocenters. The van der Waals surface area contributed by atoms with Crippen molar-refractivity contribution in [2.45, 2.75) is 25.5 Å². The van der Waals surface area contributed by atoms with Crippen molar-refractivity contribution in [1.29, 1.82) is 0 Å². The lowest BCUT2D eigenvalue weighted by molar-refractivity contribution is 0.120. The average Bonchev–Trinajstić information content (AvgIpc) is 3.31. The lowest BCUT2D eigenvalue weighted by Crippen LogP contribution is -2.37. The first kappa shape index (κ1) is 18.4. The summed E-state index contributed by atoms with van der Waals surface area (Å²) in [6.45, 7) is 1.53. The fraction of sp³-hybridized carbons (Fsp3) is 0.421. The van der Waals surface area contributed by atoms with Crippen LogP contribution in [0.25, 0.3) is 11.2 Å². The highest BCUT2D eigenvalue weighted by Crippen LogP contribution is 2.20. The second kappa shape index (κ2) is 7.23. The Morgan fingerprint density at radius 3 is 2.82 bits per heavy atom. The molecule has 0 aliphatic carbocycles. The zero-order chi connectivity index (χ0) is 19.8. The highest BCUT2D eigenvalue weighted by molar-refractivity contribution is 5.74. The van der Waals surface area contributed by atoms with Crippen molar-refractivity contribution in [1.82, 2.24) is 18.7 Å². The second-order valence-corrected chi connectivity index (χ2v) is 7.05. The first-order valence-electron chi connectivity index (χ1n) is 9.22. The highest BCUT2D eigenvalue weighted by atomic mass is 19.1. The van der Waals surface area contributed by atoms with Crippen molar-refractivity contribution in [3.8, 4) is 0 Å². The maximum Gasteiger partial charge on any atom is 0.332 e. The van der Waals surface area contributed by atoms with Gasteiger partial charge in [0.2, 0.25) is 5.95 Å². The molecule has 2 aromatic heterocycles. The summed E-state index contributed by atoms with van der Waals surface area (Å²) < 4.78 is 23.4. The number of anilines is 1. The van der Waals surface area contributed by atoms with Crippen LogP contribution in [0.15, 0.2) is 33.9 Å². The number of halogens is 1. The van der Waals surface area contributed by atoms with Gasteiger partial charge in [-0.2, -0.15) is 4.98 Å². The minimum absolute atomic E-state index is 0.0779. The van der Waals surface area contributed by atoms with E-state index in [1.807, 2.05) is 0 Å². The van der Waals surface area contributed by atoms with Gasteiger partial charge in [-0.15, -0.1) is 0 Å². The third-order valence-corrected chi connectivity index (χ3v) is 5.09. The van der Waals surface area contributed by atoms with Gasteiger partial charge in [-0.25, -0.2) is 9.18 Å². The van der Waals surface area contributed by atoms with Crippen molar-refractivity contribution in [2.75, 3.05) is 18.5 Å². The molecular formula is C19H22FN5O3. The van der Waals surface area contributed by atoms with Crippen LogP contribution in [-0.4, -0.2) is 37.9 Å². The van der Waals surface area contributed by atoms with Crippen LogP contribution in [0.3, 0.4) is 0 Å². The predicted octanol–water partition coefficient (Wildman–Crippen LogP) is 1.21. The molecule has 1 N–H and O–H groups in total. The Balaban J connectivity index is 1.83. The lowest BCUT2D eigenvalue weighted by atomic mass is 10.2. The molecule has 1 saturated heterocycles. The third-order valence-electron chi connectivity index (χ3n) is 5.09. The van der Waals surface area contributed by atoms with Gasteiger partial charge in [-0.1, -0.05) is 12.1 Å². The zero-order valence-electron chi connectivity index (χ0n) is 15.8. The summed E-state index contributed by atoms with van der Waals surface area (Å²) in [6.07, 6.45) is 2.05. The van der Waals surface area contributed by atoms with Crippen LogP contribution < -0.4 is 16.6 Å². The third kappa shape index (κ3) is 3.22. The molecule has 0 amide bonds. The molecule has 1 aromatic carbocycles. The molecular weight excluding hydrogens is 365 g/mol. The van der Waals surface area contributed by atoms with Crippen LogP contribution in [0.5, 0.6) is 0 Å². The van der Waals surface area contributed by atoms with Gasteiger partial charge in [0.05, 0.1) is 12.6 Å². The van der Waals surface area contributed by atoms with E-state index in [1.165, 1.54) is 23.7 Å². The number of aromatic nitrogens is 4. The molecule has 28 heavy (non-hydrogen) atoms. The van der Waals surface area contributed by atoms with E-state index in [2.05, 4.69) is 10.3 Å². The molecule has 8 nitrogen and oxygen atoms in total. The monoisotopic (exact) mass is 387 g/mol. The lowest BCUT2D eigenvalue weighted by Gasteiger charge is -2.14. The molecule has 148 valence electrons. The standard InChI is InChI=1S/C19H22FN5O3/c1-23-16-15(17(26)24(2)19(23)27)25(11-12-5-3-6-13(20)9-12)18(22-16)21-10-14-7-4-8-28-14/h3,5-6,9,14H,4,7-8,10-11H2,1-2H3,(H,21,22). The maximum absolute atomic E-state index is 13.7. The summed E-state index contributed by atoms with van der Waals surface area (Å²) in [5.41, 5.74) is 0.393. The Kier molecular flexibility index (Phi) is 4.76. The smallest absolute Gasteiger partial charge is 0.332 e. The summed E-state index contributed by atoms with van der Waals surface area (Å²) in [5, 5.41) is 3.24. The maximum atomic E-state index is 13.7. The number of hydrogen-bond acceptors (Lipinski definition) is 5. The fourth-order valence-corrected chi connectivity index (χ4v) is 3.56. The summed E-state index contributed by atoms with van der Waals surface area (Å²) >= 11 is 0. The quantitative estimate of drug-likeness (QED) is 0.712. The number of benzene rings is 1. The van der Waals surface area contributed by atoms with E-state index >= 15 is 0 Å². The number of aryl methyl sites for hydroxylation is 1. The molecule has 1 aliphatic heterocycles. The average molecular weight is 387 g/mol. The summed E-state index contributed by atoms with van der Waals surface area (Å²) in [6, 6.07) is 6.19. The molecule has 1 fully saturated rings. The van der Waals surface area contributed by atoms with Crippen molar-refractivity contribution in [2.24, 2.45) is 14.1 Å². The van der Waals surface area contributed by atoms with Crippen LogP contribution in [-0.2, 0) is 25.4 Å². The number of ether oxygens (including phenoxy) is 1. The molecule has 1 aliphatic rings. The molecule has 0 spiro atoms. The summed E-state index contributed by atoms with van der Waals surface area (Å²) in [4.78, 5) is 29.6. The molecule has 3 aromatic rings.